The van der Waals surface area contributed by atoms with Crippen LogP contribution in [0, 0.1) is 5.92 Å². The molecule has 1 aromatic rings. The van der Waals surface area contributed by atoms with E-state index in [2.05, 4.69) is 22.5 Å². The lowest BCUT2D eigenvalue weighted by Gasteiger charge is -2.24. The van der Waals surface area contributed by atoms with Crippen LogP contribution in [0.3, 0.4) is 0 Å². The Morgan fingerprint density at radius 2 is 2.39 bits per heavy atom. The van der Waals surface area contributed by atoms with Gasteiger partial charge in [-0.2, -0.15) is 11.3 Å². The van der Waals surface area contributed by atoms with E-state index in [1.165, 1.54) is 6.42 Å². The van der Waals surface area contributed by atoms with E-state index in [9.17, 15) is 5.11 Å². The van der Waals surface area contributed by atoms with Crippen molar-refractivity contribution in [1.29, 1.82) is 0 Å². The van der Waals surface area contributed by atoms with Gasteiger partial charge in [0.1, 0.15) is 5.60 Å². The van der Waals surface area contributed by atoms with E-state index in [0.29, 0.717) is 12.6 Å². The van der Waals surface area contributed by atoms with Gasteiger partial charge in [-0.05, 0) is 41.7 Å². The smallest absolute Gasteiger partial charge is 0.191 e. The Bertz CT molecular complexity index is 414. The molecule has 1 aromatic heterocycles. The Balaban J connectivity index is 1.86. The van der Waals surface area contributed by atoms with Gasteiger partial charge in [-0.1, -0.05) is 6.92 Å². The molecule has 3 unspecified atom stereocenters. The lowest BCUT2D eigenvalue weighted by molar-refractivity contribution is 0.0621. The monoisotopic (exact) mass is 267 g/mol. The Kier molecular flexibility index (Phi) is 3.92. The Morgan fingerprint density at radius 1 is 1.67 bits per heavy atom. The molecule has 4 nitrogen and oxygen atoms in total. The summed E-state index contributed by atoms with van der Waals surface area (Å²) in [7, 11) is 1.75. The van der Waals surface area contributed by atoms with Crippen molar-refractivity contribution >= 4 is 17.3 Å². The molecule has 2 rings (SSSR count). The molecule has 1 saturated carbocycles. The second-order valence-corrected chi connectivity index (χ2v) is 5.96. The van der Waals surface area contributed by atoms with E-state index in [-0.39, 0.29) is 0 Å². The topological polar surface area (TPSA) is 56.7 Å². The molecule has 0 spiro atoms. The normalized spacial score (nSPS) is 26.6. The quantitative estimate of drug-likeness (QED) is 0.573. The SMILES string of the molecule is CN=C(NCC(C)(O)c1ccsc1)NC1CC1C. The number of hydrogen-bond donors (Lipinski definition) is 3. The molecule has 18 heavy (non-hydrogen) atoms. The van der Waals surface area contributed by atoms with Crippen LogP contribution in [0.2, 0.25) is 0 Å². The van der Waals surface area contributed by atoms with E-state index in [0.717, 1.165) is 17.4 Å². The zero-order valence-electron chi connectivity index (χ0n) is 11.1. The van der Waals surface area contributed by atoms with E-state index >= 15 is 0 Å². The van der Waals surface area contributed by atoms with E-state index in [4.69, 9.17) is 0 Å². The first-order valence-corrected chi connectivity index (χ1v) is 7.19. The lowest BCUT2D eigenvalue weighted by Crippen LogP contribution is -2.45. The number of nitrogens with one attached hydrogen (secondary N) is 2. The minimum absolute atomic E-state index is 0.449. The average molecular weight is 267 g/mol. The molecular weight excluding hydrogens is 246 g/mol. The van der Waals surface area contributed by atoms with Crippen molar-refractivity contribution in [1.82, 2.24) is 10.6 Å². The third kappa shape index (κ3) is 3.23. The van der Waals surface area contributed by atoms with Crippen LogP contribution in [0.15, 0.2) is 21.8 Å². The summed E-state index contributed by atoms with van der Waals surface area (Å²) in [6, 6.07) is 2.48. The molecule has 100 valence electrons. The Labute approximate surface area is 112 Å². The van der Waals surface area contributed by atoms with E-state index in [1.807, 2.05) is 23.8 Å². The molecule has 0 aliphatic heterocycles. The zero-order chi connectivity index (χ0) is 13.2. The number of guanidine groups is 1. The molecule has 1 aliphatic rings. The lowest BCUT2D eigenvalue weighted by atomic mass is 9.99. The van der Waals surface area contributed by atoms with Crippen molar-refractivity contribution in [3.05, 3.63) is 22.4 Å². The van der Waals surface area contributed by atoms with Crippen molar-refractivity contribution in [3.63, 3.8) is 0 Å². The molecule has 3 atom stereocenters. The fourth-order valence-corrected chi connectivity index (χ4v) is 2.61. The molecular formula is C13H21N3OS. The number of nitrogens with zero attached hydrogens (tertiary/aromatic N) is 1. The number of aliphatic hydroxyl groups is 1. The molecule has 0 aromatic carbocycles. The van der Waals surface area contributed by atoms with Gasteiger partial charge in [0.15, 0.2) is 5.96 Å². The number of rotatable bonds is 4. The van der Waals surface area contributed by atoms with Gasteiger partial charge < -0.3 is 15.7 Å². The van der Waals surface area contributed by atoms with Crippen LogP contribution < -0.4 is 10.6 Å². The van der Waals surface area contributed by atoms with Crippen molar-refractivity contribution in [2.24, 2.45) is 10.9 Å². The third-order valence-corrected chi connectivity index (χ3v) is 4.08. The van der Waals surface area contributed by atoms with Gasteiger partial charge in [-0.3, -0.25) is 4.99 Å². The summed E-state index contributed by atoms with van der Waals surface area (Å²) in [6.45, 7) is 4.48. The van der Waals surface area contributed by atoms with E-state index < -0.39 is 5.60 Å². The molecule has 5 heteroatoms. The van der Waals surface area contributed by atoms with Crippen molar-refractivity contribution in [3.8, 4) is 0 Å². The highest BCUT2D eigenvalue weighted by Gasteiger charge is 2.33. The van der Waals surface area contributed by atoms with Gasteiger partial charge in [0.2, 0.25) is 0 Å². The van der Waals surface area contributed by atoms with E-state index in [1.54, 1.807) is 18.4 Å². The first-order chi connectivity index (χ1) is 8.53. The predicted molar refractivity (Wildman–Crippen MR) is 76.0 cm³/mol. The minimum atomic E-state index is -0.868. The second kappa shape index (κ2) is 5.28. The van der Waals surface area contributed by atoms with Gasteiger partial charge >= 0.3 is 0 Å². The summed E-state index contributed by atoms with van der Waals surface area (Å²) < 4.78 is 0. The highest BCUT2D eigenvalue weighted by molar-refractivity contribution is 7.08. The molecule has 1 fully saturated rings. The summed E-state index contributed by atoms with van der Waals surface area (Å²) in [5.41, 5.74) is 0.0718. The fraction of sp³-hybridized carbons (Fsp3) is 0.615. The molecule has 0 saturated heterocycles. The highest BCUT2D eigenvalue weighted by atomic mass is 32.1. The molecule has 0 amide bonds. The van der Waals surface area contributed by atoms with Crippen LogP contribution in [-0.4, -0.2) is 30.7 Å². The van der Waals surface area contributed by atoms with Crippen molar-refractivity contribution in [2.45, 2.75) is 31.9 Å². The summed E-state index contributed by atoms with van der Waals surface area (Å²) >= 11 is 1.59. The maximum atomic E-state index is 10.4. The van der Waals surface area contributed by atoms with Gasteiger partial charge in [-0.15, -0.1) is 0 Å². The molecule has 1 aliphatic carbocycles. The maximum Gasteiger partial charge on any atom is 0.191 e. The summed E-state index contributed by atoms with van der Waals surface area (Å²) in [6.07, 6.45) is 1.20. The zero-order valence-corrected chi connectivity index (χ0v) is 11.9. The number of thiophene rings is 1. The summed E-state index contributed by atoms with van der Waals surface area (Å²) in [5, 5.41) is 20.9. The third-order valence-electron chi connectivity index (χ3n) is 3.40. The maximum absolute atomic E-state index is 10.4. The molecule has 0 radical (unpaired) electrons. The van der Waals surface area contributed by atoms with Crippen molar-refractivity contribution < 1.29 is 5.11 Å². The van der Waals surface area contributed by atoms with Gasteiger partial charge in [-0.25, -0.2) is 0 Å². The number of hydrogen-bond acceptors (Lipinski definition) is 3. The van der Waals surface area contributed by atoms with Crippen LogP contribution in [-0.2, 0) is 5.60 Å². The molecule has 1 heterocycles. The number of aliphatic imine (C=N–C) groups is 1. The second-order valence-electron chi connectivity index (χ2n) is 5.18. The van der Waals surface area contributed by atoms with Crippen LogP contribution in [0.4, 0.5) is 0 Å². The summed E-state index contributed by atoms with van der Waals surface area (Å²) in [4.78, 5) is 4.17. The first-order valence-electron chi connectivity index (χ1n) is 6.25. The fourth-order valence-electron chi connectivity index (χ4n) is 1.82. The van der Waals surface area contributed by atoms with Crippen LogP contribution in [0.25, 0.3) is 0 Å². The predicted octanol–water partition coefficient (Wildman–Crippen LogP) is 1.53. The standard InChI is InChI=1S/C13H21N3OS/c1-9-6-11(9)16-12(14-3)15-8-13(2,17)10-4-5-18-7-10/h4-5,7,9,11,17H,6,8H2,1-3H3,(H2,14,15,16). The van der Waals surface area contributed by atoms with Crippen LogP contribution in [0.5, 0.6) is 0 Å². The molecule has 3 N–H and O–H groups in total. The van der Waals surface area contributed by atoms with Crippen LogP contribution in [0.1, 0.15) is 25.8 Å². The van der Waals surface area contributed by atoms with Gasteiger partial charge in [0, 0.05) is 13.1 Å². The highest BCUT2D eigenvalue weighted by Crippen LogP contribution is 2.28. The Hall–Kier alpha value is -1.07. The summed E-state index contributed by atoms with van der Waals surface area (Å²) in [5.74, 6) is 1.49. The largest absolute Gasteiger partial charge is 0.384 e. The average Bonchev–Trinajstić information content (AvgIpc) is 2.85. The minimum Gasteiger partial charge on any atom is -0.384 e. The van der Waals surface area contributed by atoms with Gasteiger partial charge in [0.25, 0.3) is 0 Å². The van der Waals surface area contributed by atoms with Gasteiger partial charge in [0.05, 0.1) is 6.54 Å². The Morgan fingerprint density at radius 3 is 2.89 bits per heavy atom. The van der Waals surface area contributed by atoms with Crippen molar-refractivity contribution in [2.75, 3.05) is 13.6 Å². The molecule has 0 bridgehead atoms. The van der Waals surface area contributed by atoms with Crippen LogP contribution >= 0.6 is 11.3 Å². The first kappa shape index (κ1) is 13.4.